The van der Waals surface area contributed by atoms with Gasteiger partial charge in [0.15, 0.2) is 0 Å². The number of hydrogen-bond acceptors (Lipinski definition) is 4. The lowest BCUT2D eigenvalue weighted by molar-refractivity contribution is -0.131. The number of ether oxygens (including phenoxy) is 2. The van der Waals surface area contributed by atoms with Gasteiger partial charge in [0.1, 0.15) is 12.4 Å². The van der Waals surface area contributed by atoms with Crippen LogP contribution in [-0.2, 0) is 14.3 Å². The fraction of sp³-hybridized carbons (Fsp3) is 0.562. The summed E-state index contributed by atoms with van der Waals surface area (Å²) in [7, 11) is 0. The summed E-state index contributed by atoms with van der Waals surface area (Å²) in [4.78, 5) is 28.2. The quantitative estimate of drug-likeness (QED) is 0.306. The lowest BCUT2D eigenvalue weighted by Gasteiger charge is -2.47. The second-order valence-electron chi connectivity index (χ2n) is 11.1. The van der Waals surface area contributed by atoms with Crippen molar-refractivity contribution in [3.63, 3.8) is 0 Å². The molecule has 1 amide bonds. The van der Waals surface area contributed by atoms with E-state index < -0.39 is 0 Å². The number of nitrogens with zero attached hydrogens (tertiary/aromatic N) is 1. The number of ketones is 1. The van der Waals surface area contributed by atoms with E-state index in [0.29, 0.717) is 44.9 Å². The Morgan fingerprint density at radius 1 is 0.838 bits per heavy atom. The Morgan fingerprint density at radius 3 is 2.03 bits per heavy atom. The molecule has 0 radical (unpaired) electrons. The first-order valence-corrected chi connectivity index (χ1v) is 14.4. The molecule has 3 aliphatic rings. The molecule has 198 valence electrons. The summed E-state index contributed by atoms with van der Waals surface area (Å²) >= 11 is 0. The van der Waals surface area contributed by atoms with E-state index in [-0.39, 0.29) is 30.0 Å². The molecular formula is C32H41NO4. The van der Waals surface area contributed by atoms with Crippen LogP contribution in [-0.4, -0.2) is 48.7 Å². The highest BCUT2D eigenvalue weighted by molar-refractivity contribution is 5.82. The third-order valence-electron chi connectivity index (χ3n) is 8.55. The Hall–Kier alpha value is -2.66. The van der Waals surface area contributed by atoms with Crippen molar-refractivity contribution in [1.82, 2.24) is 4.90 Å². The maximum Gasteiger partial charge on any atom is 0.410 e. The number of benzene rings is 2. The normalized spacial score (nSPS) is 22.4. The molecule has 0 saturated carbocycles. The van der Waals surface area contributed by atoms with Crippen LogP contribution < -0.4 is 0 Å². The zero-order valence-electron chi connectivity index (χ0n) is 22.2. The molecule has 0 N–H and O–H groups in total. The van der Waals surface area contributed by atoms with Crippen LogP contribution in [0.25, 0.3) is 11.1 Å². The van der Waals surface area contributed by atoms with E-state index in [2.05, 4.69) is 55.5 Å². The maximum absolute atomic E-state index is 13.4. The van der Waals surface area contributed by atoms with Crippen molar-refractivity contribution >= 4 is 11.9 Å². The summed E-state index contributed by atoms with van der Waals surface area (Å²) in [6.45, 7) is 3.53. The summed E-state index contributed by atoms with van der Waals surface area (Å²) in [5.41, 5.74) is 4.89. The highest BCUT2D eigenvalue weighted by atomic mass is 16.6. The Morgan fingerprint density at radius 2 is 1.41 bits per heavy atom. The van der Waals surface area contributed by atoms with Gasteiger partial charge in [0.05, 0.1) is 25.3 Å². The molecule has 2 unspecified atom stereocenters. The van der Waals surface area contributed by atoms with Gasteiger partial charge < -0.3 is 9.47 Å². The molecule has 2 bridgehead atoms. The van der Waals surface area contributed by atoms with Crippen LogP contribution >= 0.6 is 0 Å². The monoisotopic (exact) mass is 503 g/mol. The Balaban J connectivity index is 1.15. The molecule has 2 fully saturated rings. The smallest absolute Gasteiger partial charge is 0.410 e. The lowest BCUT2D eigenvalue weighted by Crippen LogP contribution is -2.60. The minimum Gasteiger partial charge on any atom is -0.448 e. The van der Waals surface area contributed by atoms with E-state index in [4.69, 9.17) is 9.47 Å². The van der Waals surface area contributed by atoms with Gasteiger partial charge in [-0.05, 0) is 41.5 Å². The van der Waals surface area contributed by atoms with Crippen LogP contribution in [0.15, 0.2) is 48.5 Å². The van der Waals surface area contributed by atoms with Crippen molar-refractivity contribution < 1.29 is 19.1 Å². The number of unbranched alkanes of at least 4 members (excludes halogenated alkanes) is 6. The fourth-order valence-electron chi connectivity index (χ4n) is 6.61. The molecule has 2 heterocycles. The van der Waals surface area contributed by atoms with Crippen LogP contribution in [0.1, 0.15) is 88.2 Å². The van der Waals surface area contributed by atoms with Gasteiger partial charge in [-0.1, -0.05) is 94.0 Å². The zero-order chi connectivity index (χ0) is 25.6. The second-order valence-corrected chi connectivity index (χ2v) is 11.1. The van der Waals surface area contributed by atoms with E-state index >= 15 is 0 Å². The summed E-state index contributed by atoms with van der Waals surface area (Å²) in [6.07, 6.45) is 10.3. The number of amides is 1. The number of carbonyl (C=O) groups is 2. The second kappa shape index (κ2) is 12.3. The molecular weight excluding hydrogens is 462 g/mol. The summed E-state index contributed by atoms with van der Waals surface area (Å²) in [6, 6.07) is 16.6. The molecule has 2 atom stereocenters. The van der Waals surface area contributed by atoms with Crippen molar-refractivity contribution in [3.05, 3.63) is 59.7 Å². The predicted octanol–water partition coefficient (Wildman–Crippen LogP) is 7.12. The molecule has 5 nitrogen and oxygen atoms in total. The molecule has 2 aromatic rings. The van der Waals surface area contributed by atoms with Crippen molar-refractivity contribution in [2.45, 2.75) is 89.1 Å². The SMILES string of the molecule is CCCCCCCCCC(=O)C1CC2COCC(C1)N2C(=O)OCC1c2ccccc2-c2ccccc21. The summed E-state index contributed by atoms with van der Waals surface area (Å²) in [5, 5.41) is 0. The van der Waals surface area contributed by atoms with Gasteiger partial charge in [0.2, 0.25) is 0 Å². The van der Waals surface area contributed by atoms with Gasteiger partial charge >= 0.3 is 6.09 Å². The van der Waals surface area contributed by atoms with Crippen LogP contribution in [0, 0.1) is 5.92 Å². The van der Waals surface area contributed by atoms with Crippen molar-refractivity contribution in [2.24, 2.45) is 5.92 Å². The highest BCUT2D eigenvalue weighted by Crippen LogP contribution is 2.44. The largest absolute Gasteiger partial charge is 0.448 e. The standard InChI is InChI=1S/C32H41NO4/c1-2-3-4-5-6-7-8-17-31(34)23-18-24-20-36-21-25(19-23)33(24)32(35)37-22-30-28-15-11-9-13-26(28)27-14-10-12-16-29(27)30/h9-16,23-25,30H,2-8,17-22H2,1H3. The van der Waals surface area contributed by atoms with Gasteiger partial charge in [0, 0.05) is 18.3 Å². The first-order chi connectivity index (χ1) is 18.2. The van der Waals surface area contributed by atoms with Crippen LogP contribution in [0.5, 0.6) is 0 Å². The van der Waals surface area contributed by atoms with E-state index in [1.807, 2.05) is 4.90 Å². The number of piperidine rings is 1. The first-order valence-electron chi connectivity index (χ1n) is 14.4. The highest BCUT2D eigenvalue weighted by Gasteiger charge is 2.44. The molecule has 37 heavy (non-hydrogen) atoms. The molecule has 2 saturated heterocycles. The number of carbonyl (C=O) groups excluding carboxylic acids is 2. The predicted molar refractivity (Wildman–Crippen MR) is 146 cm³/mol. The van der Waals surface area contributed by atoms with E-state index in [0.717, 1.165) is 12.8 Å². The van der Waals surface area contributed by atoms with Crippen LogP contribution in [0.2, 0.25) is 0 Å². The Bertz CT molecular complexity index is 1020. The lowest BCUT2D eigenvalue weighted by atomic mass is 9.81. The minimum absolute atomic E-state index is 0.0385. The average molecular weight is 504 g/mol. The first kappa shape index (κ1) is 26.0. The Labute approximate surface area is 221 Å². The van der Waals surface area contributed by atoms with Gasteiger partial charge in [-0.2, -0.15) is 0 Å². The number of morpholine rings is 1. The topological polar surface area (TPSA) is 55.8 Å². The van der Waals surface area contributed by atoms with Gasteiger partial charge in [0.25, 0.3) is 0 Å². The van der Waals surface area contributed by atoms with Crippen molar-refractivity contribution in [3.8, 4) is 11.1 Å². The van der Waals surface area contributed by atoms with Crippen molar-refractivity contribution in [2.75, 3.05) is 19.8 Å². The van der Waals surface area contributed by atoms with E-state index in [1.54, 1.807) is 0 Å². The number of hydrogen-bond donors (Lipinski definition) is 0. The van der Waals surface area contributed by atoms with Crippen molar-refractivity contribution in [1.29, 1.82) is 0 Å². The molecule has 2 aliphatic heterocycles. The number of Topliss-reactive ketones (excluding diaryl/α,β-unsaturated/α-hetero) is 1. The number of rotatable bonds is 11. The molecule has 0 aromatic heterocycles. The van der Waals surface area contributed by atoms with E-state index in [9.17, 15) is 9.59 Å². The maximum atomic E-state index is 13.4. The van der Waals surface area contributed by atoms with Crippen LogP contribution in [0.4, 0.5) is 4.79 Å². The molecule has 2 aromatic carbocycles. The molecule has 5 rings (SSSR count). The van der Waals surface area contributed by atoms with Gasteiger partial charge in [-0.3, -0.25) is 9.69 Å². The average Bonchev–Trinajstić information content (AvgIpc) is 3.24. The van der Waals surface area contributed by atoms with Gasteiger partial charge in [-0.15, -0.1) is 0 Å². The number of fused-ring (bicyclic) bond motifs is 5. The summed E-state index contributed by atoms with van der Waals surface area (Å²) < 4.78 is 11.8. The van der Waals surface area contributed by atoms with Gasteiger partial charge in [-0.25, -0.2) is 4.79 Å². The molecule has 1 aliphatic carbocycles. The Kier molecular flexibility index (Phi) is 8.60. The molecule has 5 heteroatoms. The van der Waals surface area contributed by atoms with E-state index in [1.165, 1.54) is 54.4 Å². The third kappa shape index (κ3) is 5.77. The van der Waals surface area contributed by atoms with Crippen LogP contribution in [0.3, 0.4) is 0 Å². The fourth-order valence-corrected chi connectivity index (χ4v) is 6.61. The molecule has 0 spiro atoms. The minimum atomic E-state index is -0.266. The third-order valence-corrected chi connectivity index (χ3v) is 8.55. The zero-order valence-corrected chi connectivity index (χ0v) is 22.2. The summed E-state index contributed by atoms with van der Waals surface area (Å²) in [5.74, 6) is 0.461.